The summed E-state index contributed by atoms with van der Waals surface area (Å²) in [5.74, 6) is -0.889. The van der Waals surface area contributed by atoms with Crippen molar-refractivity contribution in [2.45, 2.75) is 39.2 Å². The lowest BCUT2D eigenvalue weighted by atomic mass is 9.83. The van der Waals surface area contributed by atoms with Gasteiger partial charge in [0.15, 0.2) is 0 Å². The smallest absolute Gasteiger partial charge is 0.317 e. The fourth-order valence-electron chi connectivity index (χ4n) is 3.77. The van der Waals surface area contributed by atoms with Crippen LogP contribution in [0.15, 0.2) is 42.5 Å². The van der Waals surface area contributed by atoms with Crippen molar-refractivity contribution in [2.75, 3.05) is 18.4 Å². The number of carbonyl (C=O) groups is 2. The first-order valence-corrected chi connectivity index (χ1v) is 10.5. The summed E-state index contributed by atoms with van der Waals surface area (Å²) in [5.41, 5.74) is 2.10. The molecular formula is C23H27ClFN3O2. The van der Waals surface area contributed by atoms with E-state index in [4.69, 9.17) is 11.6 Å². The number of aryl methyl sites for hydroxylation is 1. The minimum absolute atomic E-state index is 0.00956. The normalized spacial score (nSPS) is 18.9. The molecule has 160 valence electrons. The van der Waals surface area contributed by atoms with Crippen molar-refractivity contribution in [1.82, 2.24) is 10.2 Å². The third-order valence-electron chi connectivity index (χ3n) is 5.27. The van der Waals surface area contributed by atoms with Crippen molar-refractivity contribution in [3.63, 3.8) is 0 Å². The first-order valence-electron chi connectivity index (χ1n) is 10.1. The SMILES string of the molecule is Cc1cc(C2CC(C(=O)Nc3cccc(Cl)c3)CN(C(=O)NC(C)C)C2)ccc1F. The van der Waals surface area contributed by atoms with Crippen LogP contribution in [-0.2, 0) is 4.79 Å². The summed E-state index contributed by atoms with van der Waals surface area (Å²) in [6.07, 6.45) is 0.572. The van der Waals surface area contributed by atoms with Gasteiger partial charge < -0.3 is 15.5 Å². The van der Waals surface area contributed by atoms with Crippen LogP contribution in [0.3, 0.4) is 0 Å². The molecule has 1 aliphatic heterocycles. The number of nitrogens with one attached hydrogen (secondary N) is 2. The molecule has 1 heterocycles. The lowest BCUT2D eigenvalue weighted by molar-refractivity contribution is -0.121. The highest BCUT2D eigenvalue weighted by Gasteiger charge is 2.35. The Kier molecular flexibility index (Phi) is 6.98. The first-order chi connectivity index (χ1) is 14.2. The largest absolute Gasteiger partial charge is 0.336 e. The lowest BCUT2D eigenvalue weighted by Crippen LogP contribution is -2.51. The second-order valence-corrected chi connectivity index (χ2v) is 8.58. The van der Waals surface area contributed by atoms with Crippen LogP contribution in [-0.4, -0.2) is 36.0 Å². The molecular weight excluding hydrogens is 405 g/mol. The molecule has 5 nitrogen and oxygen atoms in total. The van der Waals surface area contributed by atoms with Crippen LogP contribution in [0.2, 0.25) is 5.02 Å². The number of halogens is 2. The van der Waals surface area contributed by atoms with Gasteiger partial charge in [0.2, 0.25) is 5.91 Å². The predicted molar refractivity (Wildman–Crippen MR) is 117 cm³/mol. The van der Waals surface area contributed by atoms with E-state index in [9.17, 15) is 14.0 Å². The zero-order valence-electron chi connectivity index (χ0n) is 17.4. The Hall–Kier alpha value is -2.60. The average Bonchev–Trinajstić information content (AvgIpc) is 2.69. The molecule has 3 amide bonds. The molecule has 0 aliphatic carbocycles. The number of benzene rings is 2. The molecule has 1 saturated heterocycles. The summed E-state index contributed by atoms with van der Waals surface area (Å²) in [6, 6.07) is 11.7. The molecule has 1 aliphatic rings. The van der Waals surface area contributed by atoms with Gasteiger partial charge in [0.25, 0.3) is 0 Å². The molecule has 2 atom stereocenters. The average molecular weight is 432 g/mol. The highest BCUT2D eigenvalue weighted by atomic mass is 35.5. The van der Waals surface area contributed by atoms with Gasteiger partial charge in [0, 0.05) is 35.8 Å². The second-order valence-electron chi connectivity index (χ2n) is 8.15. The van der Waals surface area contributed by atoms with Gasteiger partial charge in [0.1, 0.15) is 5.82 Å². The van der Waals surface area contributed by atoms with Crippen LogP contribution in [0.1, 0.15) is 37.3 Å². The molecule has 1 fully saturated rings. The van der Waals surface area contributed by atoms with Crippen LogP contribution >= 0.6 is 11.6 Å². The third-order valence-corrected chi connectivity index (χ3v) is 5.50. The lowest BCUT2D eigenvalue weighted by Gasteiger charge is -2.38. The summed E-state index contributed by atoms with van der Waals surface area (Å²) in [7, 11) is 0. The number of hydrogen-bond donors (Lipinski definition) is 2. The van der Waals surface area contributed by atoms with Crippen molar-refractivity contribution in [2.24, 2.45) is 5.92 Å². The molecule has 7 heteroatoms. The summed E-state index contributed by atoms with van der Waals surface area (Å²) < 4.78 is 13.7. The summed E-state index contributed by atoms with van der Waals surface area (Å²) in [5, 5.41) is 6.34. The van der Waals surface area contributed by atoms with E-state index in [2.05, 4.69) is 10.6 Å². The molecule has 0 aromatic heterocycles. The topological polar surface area (TPSA) is 61.4 Å². The fourth-order valence-corrected chi connectivity index (χ4v) is 3.96. The zero-order valence-corrected chi connectivity index (χ0v) is 18.2. The molecule has 3 rings (SSSR count). The maximum atomic E-state index is 13.7. The Bertz CT molecular complexity index is 934. The molecule has 2 N–H and O–H groups in total. The van der Waals surface area contributed by atoms with E-state index in [1.54, 1.807) is 48.2 Å². The maximum absolute atomic E-state index is 13.7. The Labute approximate surface area is 181 Å². The number of urea groups is 1. The van der Waals surface area contributed by atoms with Crippen molar-refractivity contribution in [3.05, 3.63) is 64.4 Å². The molecule has 30 heavy (non-hydrogen) atoms. The van der Waals surface area contributed by atoms with E-state index in [1.807, 2.05) is 13.8 Å². The fraction of sp³-hybridized carbons (Fsp3) is 0.391. The van der Waals surface area contributed by atoms with Gasteiger partial charge in [-0.2, -0.15) is 0 Å². The van der Waals surface area contributed by atoms with Gasteiger partial charge >= 0.3 is 6.03 Å². The van der Waals surface area contributed by atoms with Crippen molar-refractivity contribution >= 4 is 29.2 Å². The molecule has 2 aromatic carbocycles. The van der Waals surface area contributed by atoms with Gasteiger partial charge in [-0.15, -0.1) is 0 Å². The second kappa shape index (κ2) is 9.47. The number of likely N-dealkylation sites (tertiary alicyclic amines) is 1. The monoisotopic (exact) mass is 431 g/mol. The van der Waals surface area contributed by atoms with Crippen molar-refractivity contribution in [3.8, 4) is 0 Å². The van der Waals surface area contributed by atoms with E-state index in [0.29, 0.717) is 35.8 Å². The van der Waals surface area contributed by atoms with Crippen LogP contribution in [0.5, 0.6) is 0 Å². The molecule has 2 unspecified atom stereocenters. The van der Waals surface area contributed by atoms with E-state index in [-0.39, 0.29) is 29.7 Å². The van der Waals surface area contributed by atoms with E-state index >= 15 is 0 Å². The molecule has 2 aromatic rings. The van der Waals surface area contributed by atoms with Gasteiger partial charge in [0.05, 0.1) is 5.92 Å². The Morgan fingerprint density at radius 2 is 1.93 bits per heavy atom. The maximum Gasteiger partial charge on any atom is 0.317 e. The Balaban J connectivity index is 1.82. The number of hydrogen-bond acceptors (Lipinski definition) is 2. The van der Waals surface area contributed by atoms with Gasteiger partial charge in [-0.1, -0.05) is 29.8 Å². The minimum atomic E-state index is -0.397. The Morgan fingerprint density at radius 3 is 2.60 bits per heavy atom. The Morgan fingerprint density at radius 1 is 1.17 bits per heavy atom. The summed E-state index contributed by atoms with van der Waals surface area (Å²) in [4.78, 5) is 27.4. The molecule has 0 saturated carbocycles. The molecule has 0 spiro atoms. The predicted octanol–water partition coefficient (Wildman–Crippen LogP) is 4.95. The van der Waals surface area contributed by atoms with E-state index < -0.39 is 5.92 Å². The van der Waals surface area contributed by atoms with E-state index in [0.717, 1.165) is 5.56 Å². The van der Waals surface area contributed by atoms with Crippen LogP contribution in [0.4, 0.5) is 14.9 Å². The van der Waals surface area contributed by atoms with E-state index in [1.165, 1.54) is 6.07 Å². The minimum Gasteiger partial charge on any atom is -0.336 e. The molecule has 0 bridgehead atoms. The first kappa shape index (κ1) is 22.1. The quantitative estimate of drug-likeness (QED) is 0.719. The van der Waals surface area contributed by atoms with Crippen molar-refractivity contribution < 1.29 is 14.0 Å². The number of carbonyl (C=O) groups excluding carboxylic acids is 2. The highest BCUT2D eigenvalue weighted by molar-refractivity contribution is 6.30. The number of rotatable bonds is 4. The summed E-state index contributed by atoms with van der Waals surface area (Å²) in [6.45, 7) is 6.30. The zero-order chi connectivity index (χ0) is 21.8. The molecule has 0 radical (unpaired) electrons. The number of anilines is 1. The van der Waals surface area contributed by atoms with Crippen LogP contribution in [0.25, 0.3) is 0 Å². The number of amides is 3. The number of piperidine rings is 1. The van der Waals surface area contributed by atoms with Crippen LogP contribution in [0, 0.1) is 18.7 Å². The summed E-state index contributed by atoms with van der Waals surface area (Å²) >= 11 is 6.01. The van der Waals surface area contributed by atoms with Crippen molar-refractivity contribution in [1.29, 1.82) is 0 Å². The van der Waals surface area contributed by atoms with Crippen LogP contribution < -0.4 is 10.6 Å². The standard InChI is InChI=1S/C23H27ClFN3O2/c1-14(2)26-23(30)28-12-17(16-7-8-21(25)15(3)9-16)10-18(13-28)22(29)27-20-6-4-5-19(24)11-20/h4-9,11,14,17-18H,10,12-13H2,1-3H3,(H,26,30)(H,27,29). The van der Waals surface area contributed by atoms with Gasteiger partial charge in [-0.25, -0.2) is 9.18 Å². The van der Waals surface area contributed by atoms with Gasteiger partial charge in [-0.3, -0.25) is 4.79 Å². The number of nitrogens with zero attached hydrogens (tertiary/aromatic N) is 1. The third kappa shape index (κ3) is 5.51. The van der Waals surface area contributed by atoms with Gasteiger partial charge in [-0.05, 0) is 62.6 Å². The highest BCUT2D eigenvalue weighted by Crippen LogP contribution is 2.32.